The number of aromatic nitrogens is 5. The Hall–Kier alpha value is -3.45. The third-order valence-corrected chi connectivity index (χ3v) is 7.03. The Morgan fingerprint density at radius 1 is 1.06 bits per heavy atom. The van der Waals surface area contributed by atoms with E-state index in [1.807, 2.05) is 32.3 Å². The van der Waals surface area contributed by atoms with E-state index in [1.54, 1.807) is 12.4 Å². The number of rotatable bonds is 7. The summed E-state index contributed by atoms with van der Waals surface area (Å²) in [6, 6.07) is 8.32. The lowest BCUT2D eigenvalue weighted by Gasteiger charge is -2.30. The Balaban J connectivity index is 1.36. The second-order valence-electron chi connectivity index (χ2n) is 9.98. The highest BCUT2D eigenvalue weighted by Gasteiger charge is 2.22. The summed E-state index contributed by atoms with van der Waals surface area (Å²) in [5, 5.41) is 8.25. The second kappa shape index (κ2) is 10.0. The second-order valence-corrected chi connectivity index (χ2v) is 9.98. The lowest BCUT2D eigenvalue weighted by atomic mass is 9.94. The molecule has 0 spiro atoms. The molecule has 35 heavy (non-hydrogen) atoms. The molecule has 1 aromatic carbocycles. The number of carbonyl (C=O) groups is 1. The van der Waals surface area contributed by atoms with Gasteiger partial charge < -0.3 is 0 Å². The lowest BCUT2D eigenvalue weighted by molar-refractivity contribution is 0.0926. The SMILES string of the molecule is Cc1ncc(CC(C)C(=O)c2n[nH]c3ccc(-c4cncc(CN5CCC(C)CC5)c4)cc23)cn1. The van der Waals surface area contributed by atoms with Crippen LogP contribution in [0.1, 0.15) is 54.1 Å². The van der Waals surface area contributed by atoms with E-state index in [-0.39, 0.29) is 11.7 Å². The first kappa shape index (κ1) is 23.3. The lowest BCUT2D eigenvalue weighted by Crippen LogP contribution is -2.32. The zero-order valence-corrected chi connectivity index (χ0v) is 20.7. The predicted molar refractivity (Wildman–Crippen MR) is 137 cm³/mol. The standard InChI is InChI=1S/C28H32N6O/c1-18-6-8-34(9-7-18)17-22-11-24(16-29-13-22)23-4-5-26-25(12-23)27(33-32-26)28(35)19(2)10-21-14-30-20(3)31-15-21/h4-5,11-16,18-19H,6-10,17H2,1-3H3,(H,32,33). The highest BCUT2D eigenvalue weighted by atomic mass is 16.1. The van der Waals surface area contributed by atoms with Gasteiger partial charge in [0.05, 0.1) is 5.52 Å². The minimum atomic E-state index is -0.228. The third-order valence-electron chi connectivity index (χ3n) is 7.03. The van der Waals surface area contributed by atoms with Crippen molar-refractivity contribution in [1.29, 1.82) is 0 Å². The summed E-state index contributed by atoms with van der Waals surface area (Å²) >= 11 is 0. The molecule has 0 amide bonds. The number of piperidine rings is 1. The Bertz CT molecular complexity index is 1320. The number of nitrogens with zero attached hydrogens (tertiary/aromatic N) is 5. The van der Waals surface area contributed by atoms with Crippen LogP contribution >= 0.6 is 0 Å². The Kier molecular flexibility index (Phi) is 6.68. The quantitative estimate of drug-likeness (QED) is 0.383. The van der Waals surface area contributed by atoms with Gasteiger partial charge in [0, 0.05) is 48.2 Å². The van der Waals surface area contributed by atoms with E-state index in [4.69, 9.17) is 0 Å². The average Bonchev–Trinajstić information content (AvgIpc) is 3.30. The van der Waals surface area contributed by atoms with E-state index in [9.17, 15) is 4.79 Å². The summed E-state index contributed by atoms with van der Waals surface area (Å²) in [6.07, 6.45) is 10.5. The van der Waals surface area contributed by atoms with Crippen LogP contribution in [0.4, 0.5) is 0 Å². The van der Waals surface area contributed by atoms with Crippen LogP contribution in [0.3, 0.4) is 0 Å². The van der Waals surface area contributed by atoms with Crippen molar-refractivity contribution in [2.24, 2.45) is 11.8 Å². The van der Waals surface area contributed by atoms with Gasteiger partial charge in [-0.3, -0.25) is 19.8 Å². The predicted octanol–water partition coefficient (Wildman–Crippen LogP) is 5.02. The molecule has 1 unspecified atom stereocenters. The number of H-pyrrole nitrogens is 1. The average molecular weight is 469 g/mol. The van der Waals surface area contributed by atoms with Gasteiger partial charge in [-0.15, -0.1) is 0 Å². The van der Waals surface area contributed by atoms with Crippen molar-refractivity contribution in [3.05, 3.63) is 71.7 Å². The van der Waals surface area contributed by atoms with E-state index in [2.05, 4.69) is 55.2 Å². The zero-order valence-electron chi connectivity index (χ0n) is 20.7. The fourth-order valence-electron chi connectivity index (χ4n) is 4.80. The summed E-state index contributed by atoms with van der Waals surface area (Å²) in [7, 11) is 0. The zero-order chi connectivity index (χ0) is 24.4. The number of hydrogen-bond donors (Lipinski definition) is 1. The first-order chi connectivity index (χ1) is 17.0. The number of fused-ring (bicyclic) bond motifs is 1. The van der Waals surface area contributed by atoms with Gasteiger partial charge in [0.15, 0.2) is 5.78 Å². The summed E-state index contributed by atoms with van der Waals surface area (Å²) in [4.78, 5) is 28.8. The van der Waals surface area contributed by atoms with E-state index >= 15 is 0 Å². The van der Waals surface area contributed by atoms with E-state index in [0.717, 1.165) is 59.0 Å². The van der Waals surface area contributed by atoms with Crippen LogP contribution in [0.15, 0.2) is 49.1 Å². The molecule has 7 nitrogen and oxygen atoms in total. The first-order valence-electron chi connectivity index (χ1n) is 12.4. The number of carbonyl (C=O) groups excluding carboxylic acids is 1. The highest BCUT2D eigenvalue weighted by molar-refractivity contribution is 6.07. The van der Waals surface area contributed by atoms with Gasteiger partial charge in [-0.25, -0.2) is 9.97 Å². The van der Waals surface area contributed by atoms with Gasteiger partial charge in [-0.2, -0.15) is 5.10 Å². The number of aryl methyl sites for hydroxylation is 1. The van der Waals surface area contributed by atoms with E-state index in [1.165, 1.54) is 18.4 Å². The molecule has 1 fully saturated rings. The van der Waals surface area contributed by atoms with Crippen LogP contribution in [-0.4, -0.2) is 48.9 Å². The van der Waals surface area contributed by atoms with Crippen LogP contribution < -0.4 is 0 Å². The maximum absolute atomic E-state index is 13.3. The number of ketones is 1. The molecular formula is C28H32N6O. The van der Waals surface area contributed by atoms with Crippen molar-refractivity contribution < 1.29 is 4.79 Å². The number of hydrogen-bond acceptors (Lipinski definition) is 6. The number of benzene rings is 1. The maximum atomic E-state index is 13.3. The van der Waals surface area contributed by atoms with Crippen LogP contribution in [0.25, 0.3) is 22.0 Å². The van der Waals surface area contributed by atoms with Gasteiger partial charge >= 0.3 is 0 Å². The topological polar surface area (TPSA) is 87.7 Å². The Labute approximate surface area is 206 Å². The third kappa shape index (κ3) is 5.30. The fourth-order valence-corrected chi connectivity index (χ4v) is 4.80. The van der Waals surface area contributed by atoms with Gasteiger partial charge in [0.25, 0.3) is 0 Å². The Morgan fingerprint density at radius 3 is 2.60 bits per heavy atom. The van der Waals surface area contributed by atoms with Gasteiger partial charge in [-0.1, -0.05) is 19.9 Å². The molecule has 5 rings (SSSR count). The van der Waals surface area contributed by atoms with Crippen molar-refractivity contribution in [2.75, 3.05) is 13.1 Å². The Morgan fingerprint density at radius 2 is 1.83 bits per heavy atom. The van der Waals surface area contributed by atoms with Gasteiger partial charge in [-0.05, 0) is 80.1 Å². The smallest absolute Gasteiger partial charge is 0.186 e. The number of Topliss-reactive ketones (excluding diaryl/α,β-unsaturated/α-hetero) is 1. The molecular weight excluding hydrogens is 436 g/mol. The van der Waals surface area contributed by atoms with Crippen molar-refractivity contribution in [1.82, 2.24) is 30.0 Å². The number of aromatic amines is 1. The molecule has 4 aromatic rings. The van der Waals surface area contributed by atoms with Gasteiger partial charge in [0.2, 0.25) is 0 Å². The normalized spacial score (nSPS) is 16.0. The molecule has 0 aliphatic carbocycles. The molecule has 1 N–H and O–H groups in total. The summed E-state index contributed by atoms with van der Waals surface area (Å²) in [5.41, 5.74) is 5.59. The molecule has 7 heteroatoms. The molecule has 1 aliphatic heterocycles. The first-order valence-corrected chi connectivity index (χ1v) is 12.4. The van der Waals surface area contributed by atoms with Crippen molar-refractivity contribution >= 4 is 16.7 Å². The molecule has 1 saturated heterocycles. The van der Waals surface area contributed by atoms with Crippen molar-refractivity contribution in [2.45, 2.75) is 46.6 Å². The van der Waals surface area contributed by atoms with E-state index < -0.39 is 0 Å². The monoisotopic (exact) mass is 468 g/mol. The molecule has 4 heterocycles. The van der Waals surface area contributed by atoms with Crippen LogP contribution in [0, 0.1) is 18.8 Å². The summed E-state index contributed by atoms with van der Waals surface area (Å²) in [6.45, 7) is 9.33. The number of nitrogens with one attached hydrogen (secondary N) is 1. The summed E-state index contributed by atoms with van der Waals surface area (Å²) < 4.78 is 0. The number of pyridine rings is 1. The summed E-state index contributed by atoms with van der Waals surface area (Å²) in [5.74, 6) is 1.33. The minimum absolute atomic E-state index is 0.0141. The number of likely N-dealkylation sites (tertiary alicyclic amines) is 1. The molecule has 0 radical (unpaired) electrons. The largest absolute Gasteiger partial charge is 0.299 e. The highest BCUT2D eigenvalue weighted by Crippen LogP contribution is 2.28. The van der Waals surface area contributed by atoms with Crippen molar-refractivity contribution in [3.8, 4) is 11.1 Å². The molecule has 0 saturated carbocycles. The maximum Gasteiger partial charge on any atom is 0.186 e. The van der Waals surface area contributed by atoms with Crippen LogP contribution in [0.2, 0.25) is 0 Å². The molecule has 1 atom stereocenters. The van der Waals surface area contributed by atoms with Crippen LogP contribution in [0.5, 0.6) is 0 Å². The van der Waals surface area contributed by atoms with Crippen molar-refractivity contribution in [3.63, 3.8) is 0 Å². The fraction of sp³-hybridized carbons (Fsp3) is 0.393. The van der Waals surface area contributed by atoms with Crippen LogP contribution in [-0.2, 0) is 13.0 Å². The molecule has 180 valence electrons. The van der Waals surface area contributed by atoms with E-state index in [0.29, 0.717) is 12.1 Å². The molecule has 3 aromatic heterocycles. The van der Waals surface area contributed by atoms with Gasteiger partial charge in [0.1, 0.15) is 11.5 Å². The molecule has 1 aliphatic rings. The minimum Gasteiger partial charge on any atom is -0.299 e. The molecule has 0 bridgehead atoms.